The molecule has 0 bridgehead atoms. The number of unbranched alkanes of at least 4 members (excludes halogenated alkanes) is 9. The lowest BCUT2D eigenvalue weighted by molar-refractivity contribution is 0.299. The molecule has 20 heteroatoms. The second kappa shape index (κ2) is 18.9. The van der Waals surface area contributed by atoms with Gasteiger partial charge in [-0.1, -0.05) is 64.7 Å². The lowest BCUT2D eigenvalue weighted by Gasteiger charge is -2.30. The monoisotopic (exact) mass is 650 g/mol. The molecule has 0 saturated heterocycles. The molecule has 0 rings (SSSR count). The van der Waals surface area contributed by atoms with E-state index in [-0.39, 0.29) is 13.1 Å². The van der Waals surface area contributed by atoms with Gasteiger partial charge in [-0.25, -0.2) is 0 Å². The fourth-order valence-electron chi connectivity index (χ4n) is 3.37. The van der Waals surface area contributed by atoms with Gasteiger partial charge in [0, 0.05) is 12.8 Å². The van der Waals surface area contributed by atoms with E-state index in [1.807, 2.05) is 0 Å². The van der Waals surface area contributed by atoms with Gasteiger partial charge in [0.2, 0.25) is 10.0 Å². The summed E-state index contributed by atoms with van der Waals surface area (Å²) in [5.41, 5.74) is 10.4. The Labute approximate surface area is 230 Å². The van der Waals surface area contributed by atoms with E-state index in [2.05, 4.69) is 17.6 Å². The first-order chi connectivity index (χ1) is 17.6. The zero-order chi connectivity index (χ0) is 31.0. The Morgan fingerprint density at radius 1 is 0.538 bits per heavy atom. The van der Waals surface area contributed by atoms with E-state index < -0.39 is 53.3 Å². The van der Waals surface area contributed by atoms with E-state index in [1.165, 1.54) is 52.0 Å². The van der Waals surface area contributed by atoms with Crippen LogP contribution in [0.4, 0.5) is 0 Å². The Balaban J connectivity index is 0. The zero-order valence-corrected chi connectivity index (χ0v) is 26.3. The molecule has 0 aromatic carbocycles. The van der Waals surface area contributed by atoms with Crippen LogP contribution in [0.1, 0.15) is 84.0 Å². The summed E-state index contributed by atoms with van der Waals surface area (Å²) in [5.74, 6) is 0. The van der Waals surface area contributed by atoms with Crippen molar-refractivity contribution in [3.05, 3.63) is 0 Å². The Morgan fingerprint density at radius 3 is 1.15 bits per heavy atom. The van der Waals surface area contributed by atoms with Gasteiger partial charge in [-0.2, -0.15) is 0 Å². The molecule has 238 valence electrons. The van der Waals surface area contributed by atoms with Crippen LogP contribution in [0.15, 0.2) is 0 Å². The van der Waals surface area contributed by atoms with Gasteiger partial charge in [0.05, 0.1) is 0 Å². The van der Waals surface area contributed by atoms with Crippen LogP contribution in [0.5, 0.6) is 0 Å². The molecule has 0 atom stereocenters. The van der Waals surface area contributed by atoms with Gasteiger partial charge in [-0.3, -0.25) is 18.3 Å². The molecule has 39 heavy (non-hydrogen) atoms. The van der Waals surface area contributed by atoms with E-state index in [0.29, 0.717) is 6.54 Å². The van der Waals surface area contributed by atoms with Crippen LogP contribution in [0, 0.1) is 0 Å². The molecule has 0 heterocycles. The van der Waals surface area contributed by atoms with E-state index >= 15 is 0 Å². The van der Waals surface area contributed by atoms with Gasteiger partial charge in [0.25, 0.3) is 0 Å². The summed E-state index contributed by atoms with van der Waals surface area (Å²) < 4.78 is 44.3. The highest BCUT2D eigenvalue weighted by atomic mass is 31.2. The lowest BCUT2D eigenvalue weighted by atomic mass is 10.1. The van der Waals surface area contributed by atoms with E-state index in [4.69, 9.17) is 50.6 Å². The van der Waals surface area contributed by atoms with Crippen LogP contribution in [0.2, 0.25) is 0 Å². The standard InChI is InChI=1S/C15H36N2O6P2.C4H14N2O6P2/c1-2-3-4-5-6-7-8-9-10-11-13-17-14-12-15(16,24(18,19)20)25(21,22)23;1-6-3-2-4(5,13(7,8)9)14(10,11)12/h17H,2-14,16H2,1H3,(H2,18,19,20)(H2,21,22,23);6H,2-3,5H2,1H3,(H2,7,8,9)(H2,10,11,12). The summed E-state index contributed by atoms with van der Waals surface area (Å²) in [5, 5.41) is -0.173. The predicted molar refractivity (Wildman–Crippen MR) is 150 cm³/mol. The average Bonchev–Trinajstić information content (AvgIpc) is 2.77. The van der Waals surface area contributed by atoms with Crippen molar-refractivity contribution in [2.45, 2.75) is 94.0 Å². The molecule has 0 amide bonds. The van der Waals surface area contributed by atoms with Crippen LogP contribution in [0.25, 0.3) is 0 Å². The minimum atomic E-state index is -5.12. The molecular weight excluding hydrogens is 600 g/mol. The van der Waals surface area contributed by atoms with E-state index in [1.54, 1.807) is 0 Å². The van der Waals surface area contributed by atoms with Crippen LogP contribution < -0.4 is 22.1 Å². The largest absolute Gasteiger partial charge is 0.357 e. The fraction of sp³-hybridized carbons (Fsp3) is 1.00. The lowest BCUT2D eigenvalue weighted by Crippen LogP contribution is -2.42. The molecule has 0 aliphatic rings. The van der Waals surface area contributed by atoms with Crippen molar-refractivity contribution < 1.29 is 57.4 Å². The quantitative estimate of drug-likeness (QED) is 0.0617. The molecule has 0 saturated carbocycles. The topological polar surface area (TPSA) is 306 Å². The van der Waals surface area contributed by atoms with Crippen molar-refractivity contribution in [1.82, 2.24) is 10.6 Å². The molecule has 0 fully saturated rings. The number of nitrogens with one attached hydrogen (secondary N) is 2. The first kappa shape index (κ1) is 41.6. The van der Waals surface area contributed by atoms with Gasteiger partial charge < -0.3 is 61.2 Å². The maximum Gasteiger partial charge on any atom is 0.357 e. The third-order valence-corrected chi connectivity index (χ3v) is 14.2. The molecule has 0 unspecified atom stereocenters. The highest BCUT2D eigenvalue weighted by molar-refractivity contribution is 7.72. The molecular formula is C19H50N4O12P4. The van der Waals surface area contributed by atoms with Crippen LogP contribution in [-0.2, 0) is 18.3 Å². The zero-order valence-electron chi connectivity index (χ0n) is 22.8. The Morgan fingerprint density at radius 2 is 0.846 bits per heavy atom. The normalized spacial score (nSPS) is 13.7. The molecule has 0 spiro atoms. The molecule has 0 aliphatic heterocycles. The molecule has 14 N–H and O–H groups in total. The number of hydrogen-bond acceptors (Lipinski definition) is 8. The van der Waals surface area contributed by atoms with Crippen LogP contribution in [-0.4, -0.2) is 75.9 Å². The highest BCUT2D eigenvalue weighted by Crippen LogP contribution is 2.68. The number of nitrogens with two attached hydrogens (primary N) is 2. The van der Waals surface area contributed by atoms with Crippen molar-refractivity contribution in [3.63, 3.8) is 0 Å². The van der Waals surface area contributed by atoms with Crippen molar-refractivity contribution in [3.8, 4) is 0 Å². The maximum atomic E-state index is 11.3. The highest BCUT2D eigenvalue weighted by Gasteiger charge is 2.57. The summed E-state index contributed by atoms with van der Waals surface area (Å²) in [6.07, 6.45) is 11.1. The predicted octanol–water partition coefficient (Wildman–Crippen LogP) is 1.42. The Hall–Kier alpha value is 0.440. The third kappa shape index (κ3) is 15.5. The van der Waals surface area contributed by atoms with E-state index in [0.717, 1.165) is 19.3 Å². The summed E-state index contributed by atoms with van der Waals surface area (Å²) in [6.45, 7) is 2.88. The van der Waals surface area contributed by atoms with Crippen LogP contribution >= 0.6 is 30.4 Å². The van der Waals surface area contributed by atoms with E-state index in [9.17, 15) is 18.3 Å². The van der Waals surface area contributed by atoms with Crippen molar-refractivity contribution in [2.75, 3.05) is 26.7 Å². The molecule has 0 aromatic heterocycles. The molecule has 0 aliphatic carbocycles. The Kier molecular flexibility index (Phi) is 20.1. The fourth-order valence-corrected chi connectivity index (χ4v) is 7.69. The number of hydrogen-bond donors (Lipinski definition) is 12. The van der Waals surface area contributed by atoms with Crippen molar-refractivity contribution in [1.29, 1.82) is 0 Å². The minimum Gasteiger partial charge on any atom is -0.323 e. The first-order valence-electron chi connectivity index (χ1n) is 12.8. The number of rotatable bonds is 21. The van der Waals surface area contributed by atoms with Crippen molar-refractivity contribution >= 4 is 30.4 Å². The summed E-state index contributed by atoms with van der Waals surface area (Å²) in [7, 11) is -18.9. The third-order valence-electron chi connectivity index (χ3n) is 6.14. The Bertz CT molecular complexity index is 813. The second-order valence-electron chi connectivity index (χ2n) is 9.47. The minimum absolute atomic E-state index is 0.00722. The molecule has 16 nitrogen and oxygen atoms in total. The SMILES string of the molecule is CCCCCCCCCCCCNCCC(N)(P(=O)(O)O)P(=O)(O)O.CNCCC(N)(P(=O)(O)O)P(=O)(O)O. The van der Waals surface area contributed by atoms with Gasteiger partial charge in [-0.05, 0) is 33.1 Å². The summed E-state index contributed by atoms with van der Waals surface area (Å²) in [4.78, 5) is 71.6. The van der Waals surface area contributed by atoms with Crippen molar-refractivity contribution in [2.24, 2.45) is 11.5 Å². The maximum absolute atomic E-state index is 11.3. The summed E-state index contributed by atoms with van der Waals surface area (Å²) in [6, 6.07) is 0. The first-order valence-corrected chi connectivity index (χ1v) is 19.2. The molecule has 0 aromatic rings. The second-order valence-corrected chi connectivity index (χ2v) is 17.7. The van der Waals surface area contributed by atoms with Gasteiger partial charge in [-0.15, -0.1) is 0 Å². The van der Waals surface area contributed by atoms with Gasteiger partial charge in [0.15, 0.2) is 0 Å². The summed E-state index contributed by atoms with van der Waals surface area (Å²) >= 11 is 0. The smallest absolute Gasteiger partial charge is 0.323 e. The average molecular weight is 651 g/mol. The molecule has 0 radical (unpaired) electrons. The van der Waals surface area contributed by atoms with Gasteiger partial charge >= 0.3 is 30.4 Å². The van der Waals surface area contributed by atoms with Crippen LogP contribution in [0.3, 0.4) is 0 Å². The van der Waals surface area contributed by atoms with Gasteiger partial charge in [0.1, 0.15) is 0 Å².